The zero-order valence-electron chi connectivity index (χ0n) is 14.2. The number of hydrogen-bond acceptors (Lipinski definition) is 5. The molecule has 5 nitrogen and oxygen atoms in total. The number of halogens is 1. The number of aliphatic hydroxyl groups is 1. The summed E-state index contributed by atoms with van der Waals surface area (Å²) in [4.78, 5) is 6.56. The van der Waals surface area contributed by atoms with E-state index in [1.165, 1.54) is 12.1 Å². The lowest BCUT2D eigenvalue weighted by molar-refractivity contribution is 0.0946. The quantitative estimate of drug-likeness (QED) is 0.803. The van der Waals surface area contributed by atoms with Gasteiger partial charge in [0.05, 0.1) is 12.6 Å². The second kappa shape index (κ2) is 7.40. The third-order valence-corrected chi connectivity index (χ3v) is 4.09. The molecule has 6 heteroatoms. The van der Waals surface area contributed by atoms with Crippen molar-refractivity contribution in [1.29, 1.82) is 0 Å². The maximum Gasteiger partial charge on any atom is 0.240 e. The molecule has 0 amide bonds. The maximum absolute atomic E-state index is 13.0. The molecule has 1 unspecified atom stereocenters. The minimum atomic E-state index is -0.685. The second-order valence-corrected chi connectivity index (χ2v) is 6.98. The van der Waals surface area contributed by atoms with Crippen molar-refractivity contribution < 1.29 is 14.0 Å². The molecule has 1 fully saturated rings. The molecule has 1 aliphatic rings. The van der Waals surface area contributed by atoms with Crippen LogP contribution >= 0.6 is 0 Å². The zero-order valence-corrected chi connectivity index (χ0v) is 14.2. The van der Waals surface area contributed by atoms with Gasteiger partial charge in [0.2, 0.25) is 5.89 Å². The summed E-state index contributed by atoms with van der Waals surface area (Å²) in [6, 6.07) is 5.97. The predicted octanol–water partition coefficient (Wildman–Crippen LogP) is 3.28. The summed E-state index contributed by atoms with van der Waals surface area (Å²) in [6.07, 6.45) is 1.59. The second-order valence-electron chi connectivity index (χ2n) is 6.98. The summed E-state index contributed by atoms with van der Waals surface area (Å²) in [6.45, 7) is 6.00. The number of aliphatic hydroxyl groups excluding tert-OH is 1. The van der Waals surface area contributed by atoms with E-state index in [0.29, 0.717) is 36.4 Å². The Morgan fingerprint density at radius 1 is 1.25 bits per heavy atom. The molecule has 24 heavy (non-hydrogen) atoms. The standard InChI is InChI=1S/C18H24FN3O2/c1-12(2)9-22(10-16(23)13-5-7-15(19)8-6-13)11-17-20-18(21-24-17)14-3-4-14/h5-8,12,14,16,23H,3-4,9-11H2,1-2H3. The molecule has 1 heterocycles. The largest absolute Gasteiger partial charge is 0.387 e. The minimum Gasteiger partial charge on any atom is -0.387 e. The Bertz CT molecular complexity index is 653. The van der Waals surface area contributed by atoms with Crippen molar-refractivity contribution in [1.82, 2.24) is 15.0 Å². The molecule has 2 aromatic rings. The highest BCUT2D eigenvalue weighted by molar-refractivity contribution is 5.18. The van der Waals surface area contributed by atoms with Gasteiger partial charge in [-0.15, -0.1) is 0 Å². The Balaban J connectivity index is 1.64. The van der Waals surface area contributed by atoms with Gasteiger partial charge in [-0.25, -0.2) is 4.39 Å². The first-order valence-corrected chi connectivity index (χ1v) is 8.49. The fourth-order valence-electron chi connectivity index (χ4n) is 2.79. The van der Waals surface area contributed by atoms with E-state index in [2.05, 4.69) is 28.9 Å². The number of nitrogens with zero attached hydrogens (tertiary/aromatic N) is 3. The fourth-order valence-corrected chi connectivity index (χ4v) is 2.79. The van der Waals surface area contributed by atoms with Crippen molar-refractivity contribution in [3.05, 3.63) is 47.4 Å². The Morgan fingerprint density at radius 3 is 2.58 bits per heavy atom. The monoisotopic (exact) mass is 333 g/mol. The van der Waals surface area contributed by atoms with Crippen LogP contribution in [0.4, 0.5) is 4.39 Å². The van der Waals surface area contributed by atoms with Crippen LogP contribution in [0.5, 0.6) is 0 Å². The Labute approximate surface area is 141 Å². The number of hydrogen-bond donors (Lipinski definition) is 1. The van der Waals surface area contributed by atoms with E-state index in [0.717, 1.165) is 25.2 Å². The predicted molar refractivity (Wildman–Crippen MR) is 87.7 cm³/mol. The summed E-state index contributed by atoms with van der Waals surface area (Å²) in [5, 5.41) is 14.5. The summed E-state index contributed by atoms with van der Waals surface area (Å²) in [5.41, 5.74) is 0.703. The van der Waals surface area contributed by atoms with Gasteiger partial charge in [0.1, 0.15) is 5.82 Å². The lowest BCUT2D eigenvalue weighted by Gasteiger charge is -2.25. The van der Waals surface area contributed by atoms with Crippen LogP contribution in [-0.2, 0) is 6.54 Å². The van der Waals surface area contributed by atoms with Gasteiger partial charge in [-0.1, -0.05) is 31.1 Å². The number of aromatic nitrogens is 2. The molecular weight excluding hydrogens is 309 g/mol. The van der Waals surface area contributed by atoms with Crippen LogP contribution < -0.4 is 0 Å². The summed E-state index contributed by atoms with van der Waals surface area (Å²) < 4.78 is 18.4. The summed E-state index contributed by atoms with van der Waals surface area (Å²) >= 11 is 0. The molecule has 0 saturated heterocycles. The molecule has 1 saturated carbocycles. The van der Waals surface area contributed by atoms with Crippen molar-refractivity contribution in [3.8, 4) is 0 Å². The van der Waals surface area contributed by atoms with Crippen LogP contribution in [0.3, 0.4) is 0 Å². The van der Waals surface area contributed by atoms with E-state index >= 15 is 0 Å². The Kier molecular flexibility index (Phi) is 5.26. The van der Waals surface area contributed by atoms with Gasteiger partial charge in [-0.3, -0.25) is 4.90 Å². The SMILES string of the molecule is CC(C)CN(Cc1nc(C2CC2)no1)CC(O)c1ccc(F)cc1. The van der Waals surface area contributed by atoms with E-state index in [-0.39, 0.29) is 5.82 Å². The first kappa shape index (κ1) is 17.0. The maximum atomic E-state index is 13.0. The highest BCUT2D eigenvalue weighted by Gasteiger charge is 2.29. The van der Waals surface area contributed by atoms with Gasteiger partial charge < -0.3 is 9.63 Å². The molecule has 1 aromatic carbocycles. The highest BCUT2D eigenvalue weighted by atomic mass is 19.1. The summed E-state index contributed by atoms with van der Waals surface area (Å²) in [5.74, 6) is 1.99. The van der Waals surface area contributed by atoms with Gasteiger partial charge in [-0.05, 0) is 36.5 Å². The van der Waals surface area contributed by atoms with Crippen molar-refractivity contribution >= 4 is 0 Å². The van der Waals surface area contributed by atoms with Crippen molar-refractivity contribution in [2.24, 2.45) is 5.92 Å². The van der Waals surface area contributed by atoms with E-state index < -0.39 is 6.10 Å². The van der Waals surface area contributed by atoms with Gasteiger partial charge in [0.25, 0.3) is 0 Å². The minimum absolute atomic E-state index is 0.302. The molecule has 1 aliphatic carbocycles. The third-order valence-electron chi connectivity index (χ3n) is 4.09. The van der Waals surface area contributed by atoms with Gasteiger partial charge >= 0.3 is 0 Å². The van der Waals surface area contributed by atoms with Crippen LogP contribution in [-0.4, -0.2) is 33.2 Å². The molecular formula is C18H24FN3O2. The van der Waals surface area contributed by atoms with E-state index in [9.17, 15) is 9.50 Å². The van der Waals surface area contributed by atoms with Crippen molar-refractivity contribution in [2.75, 3.05) is 13.1 Å². The van der Waals surface area contributed by atoms with Crippen molar-refractivity contribution in [3.63, 3.8) is 0 Å². The summed E-state index contributed by atoms with van der Waals surface area (Å²) in [7, 11) is 0. The molecule has 0 spiro atoms. The zero-order chi connectivity index (χ0) is 17.1. The van der Waals surface area contributed by atoms with Crippen LogP contribution in [0.25, 0.3) is 0 Å². The first-order valence-electron chi connectivity index (χ1n) is 8.49. The van der Waals surface area contributed by atoms with Crippen molar-refractivity contribution in [2.45, 2.75) is 45.3 Å². The molecule has 1 N–H and O–H groups in total. The molecule has 0 radical (unpaired) electrons. The molecule has 3 rings (SSSR count). The third kappa shape index (κ3) is 4.61. The van der Waals surface area contributed by atoms with Crippen LogP contribution in [0.1, 0.15) is 56.0 Å². The lowest BCUT2D eigenvalue weighted by Crippen LogP contribution is -2.31. The van der Waals surface area contributed by atoms with Gasteiger partial charge in [0.15, 0.2) is 5.82 Å². The van der Waals surface area contributed by atoms with Crippen LogP contribution in [0.2, 0.25) is 0 Å². The lowest BCUT2D eigenvalue weighted by atomic mass is 10.1. The fraction of sp³-hybridized carbons (Fsp3) is 0.556. The average molecular weight is 333 g/mol. The number of rotatable bonds is 8. The molecule has 130 valence electrons. The van der Waals surface area contributed by atoms with Crippen LogP contribution in [0, 0.1) is 11.7 Å². The average Bonchev–Trinajstić information content (AvgIpc) is 3.27. The Morgan fingerprint density at radius 2 is 1.96 bits per heavy atom. The topological polar surface area (TPSA) is 62.4 Å². The smallest absolute Gasteiger partial charge is 0.240 e. The molecule has 0 bridgehead atoms. The molecule has 0 aliphatic heterocycles. The number of benzene rings is 1. The normalized spacial score (nSPS) is 16.1. The molecule has 1 atom stereocenters. The first-order chi connectivity index (χ1) is 11.5. The van der Waals surface area contributed by atoms with Gasteiger partial charge in [-0.2, -0.15) is 4.98 Å². The Hall–Kier alpha value is -1.79. The van der Waals surface area contributed by atoms with E-state index in [1.54, 1.807) is 12.1 Å². The van der Waals surface area contributed by atoms with E-state index in [4.69, 9.17) is 4.52 Å². The van der Waals surface area contributed by atoms with Crippen LogP contribution in [0.15, 0.2) is 28.8 Å². The molecule has 1 aromatic heterocycles. The van der Waals surface area contributed by atoms with Gasteiger partial charge in [0, 0.05) is 19.0 Å². The van der Waals surface area contributed by atoms with E-state index in [1.807, 2.05) is 0 Å². The highest BCUT2D eigenvalue weighted by Crippen LogP contribution is 2.38.